The molecule has 0 fully saturated rings. The zero-order valence-corrected chi connectivity index (χ0v) is 7.20. The van der Waals surface area contributed by atoms with Gasteiger partial charge in [0.05, 0.1) is 5.56 Å². The van der Waals surface area contributed by atoms with Gasteiger partial charge in [0.15, 0.2) is 0 Å². The fourth-order valence-electron chi connectivity index (χ4n) is 0.727. The summed E-state index contributed by atoms with van der Waals surface area (Å²) in [4.78, 5) is 3.43. The first-order chi connectivity index (χ1) is 5.52. The molecule has 6 heteroatoms. The van der Waals surface area contributed by atoms with Crippen molar-refractivity contribution in [1.29, 1.82) is 0 Å². The molecule has 2 N–H and O–H groups in total. The van der Waals surface area contributed by atoms with Gasteiger partial charge in [-0.1, -0.05) is 23.2 Å². The molecule has 2 nitrogen and oxygen atoms in total. The molecule has 0 saturated carbocycles. The van der Waals surface area contributed by atoms with Crippen LogP contribution >= 0.6 is 23.2 Å². The fraction of sp³-hybridized carbons (Fsp3) is 0.167. The van der Waals surface area contributed by atoms with Gasteiger partial charge >= 0.3 is 0 Å². The van der Waals surface area contributed by atoms with Gasteiger partial charge in [0.1, 0.15) is 10.3 Å². The molecule has 0 aliphatic carbocycles. The maximum Gasteiger partial charge on any atom is 0.268 e. The van der Waals surface area contributed by atoms with Gasteiger partial charge in [-0.25, -0.2) is 13.8 Å². The molecule has 0 spiro atoms. The lowest BCUT2D eigenvalue weighted by Crippen LogP contribution is -1.97. The van der Waals surface area contributed by atoms with Crippen molar-refractivity contribution in [3.8, 4) is 0 Å². The molecule has 1 rings (SSSR count). The van der Waals surface area contributed by atoms with Gasteiger partial charge < -0.3 is 5.73 Å². The van der Waals surface area contributed by atoms with Gasteiger partial charge in [-0.05, 0) is 6.07 Å². The molecule has 0 unspecified atom stereocenters. The number of hydrogen-bond acceptors (Lipinski definition) is 2. The highest BCUT2D eigenvalue weighted by Gasteiger charge is 2.17. The Morgan fingerprint density at radius 2 is 2.00 bits per heavy atom. The zero-order valence-electron chi connectivity index (χ0n) is 5.69. The lowest BCUT2D eigenvalue weighted by molar-refractivity contribution is 0.152. The molecule has 0 saturated heterocycles. The lowest BCUT2D eigenvalue weighted by atomic mass is 10.2. The molecule has 12 heavy (non-hydrogen) atoms. The van der Waals surface area contributed by atoms with Crippen LogP contribution in [0.2, 0.25) is 10.3 Å². The Balaban J connectivity index is 3.28. The minimum atomic E-state index is -2.73. The zero-order chi connectivity index (χ0) is 9.30. The Morgan fingerprint density at radius 1 is 1.42 bits per heavy atom. The highest BCUT2D eigenvalue weighted by atomic mass is 35.5. The highest BCUT2D eigenvalue weighted by molar-refractivity contribution is 6.33. The monoisotopic (exact) mass is 212 g/mol. The SMILES string of the molecule is Nc1cc(Cl)nc(Cl)c1C(F)F. The summed E-state index contributed by atoms with van der Waals surface area (Å²) in [5.41, 5.74) is 4.62. The van der Waals surface area contributed by atoms with Crippen LogP contribution < -0.4 is 5.73 Å². The fourth-order valence-corrected chi connectivity index (χ4v) is 1.26. The van der Waals surface area contributed by atoms with Crippen molar-refractivity contribution in [1.82, 2.24) is 4.98 Å². The van der Waals surface area contributed by atoms with Crippen LogP contribution in [0.1, 0.15) is 12.0 Å². The summed E-state index contributed by atoms with van der Waals surface area (Å²) in [7, 11) is 0. The van der Waals surface area contributed by atoms with Crippen LogP contribution in [0.15, 0.2) is 6.07 Å². The van der Waals surface area contributed by atoms with E-state index >= 15 is 0 Å². The Labute approximate surface area is 77.3 Å². The van der Waals surface area contributed by atoms with Crippen molar-refractivity contribution in [2.24, 2.45) is 0 Å². The molecule has 0 aliphatic rings. The number of halogens is 4. The van der Waals surface area contributed by atoms with E-state index in [0.717, 1.165) is 6.07 Å². The van der Waals surface area contributed by atoms with Crippen molar-refractivity contribution < 1.29 is 8.78 Å². The van der Waals surface area contributed by atoms with Crippen LogP contribution in [-0.2, 0) is 0 Å². The standard InChI is InChI=1S/C6H4Cl2F2N2/c7-3-1-2(11)4(6(9)10)5(8)12-3/h1,6H,(H2,11,12). The molecule has 0 aromatic carbocycles. The van der Waals surface area contributed by atoms with Gasteiger partial charge in [-0.3, -0.25) is 0 Å². The summed E-state index contributed by atoms with van der Waals surface area (Å²) in [6.45, 7) is 0. The first-order valence-corrected chi connectivity index (χ1v) is 3.67. The first kappa shape index (κ1) is 9.48. The number of nitrogens with two attached hydrogens (primary N) is 1. The van der Waals surface area contributed by atoms with E-state index in [9.17, 15) is 8.78 Å². The third kappa shape index (κ3) is 1.76. The van der Waals surface area contributed by atoms with Crippen LogP contribution in [-0.4, -0.2) is 4.98 Å². The maximum atomic E-state index is 12.2. The Bertz CT molecular complexity index is 281. The van der Waals surface area contributed by atoms with Crippen molar-refractivity contribution in [3.05, 3.63) is 21.9 Å². The quantitative estimate of drug-likeness (QED) is 0.728. The molecule has 0 radical (unpaired) electrons. The van der Waals surface area contributed by atoms with Crippen molar-refractivity contribution in [2.45, 2.75) is 6.43 Å². The number of nitrogen functional groups attached to an aromatic ring is 1. The minimum absolute atomic E-state index is 0.00176. The number of nitrogens with zero attached hydrogens (tertiary/aromatic N) is 1. The van der Waals surface area contributed by atoms with E-state index in [2.05, 4.69) is 4.98 Å². The normalized spacial score (nSPS) is 10.8. The second kappa shape index (κ2) is 3.41. The molecule has 0 aliphatic heterocycles. The van der Waals surface area contributed by atoms with Crippen molar-refractivity contribution in [3.63, 3.8) is 0 Å². The Kier molecular flexibility index (Phi) is 2.69. The molecule has 1 aromatic rings. The molecule has 1 aromatic heterocycles. The van der Waals surface area contributed by atoms with Crippen molar-refractivity contribution in [2.75, 3.05) is 5.73 Å². The van der Waals surface area contributed by atoms with Crippen LogP contribution in [0.4, 0.5) is 14.5 Å². The second-order valence-electron chi connectivity index (χ2n) is 2.04. The predicted octanol–water partition coefficient (Wildman–Crippen LogP) is 2.91. The molecule has 0 amide bonds. The molecular weight excluding hydrogens is 209 g/mol. The van der Waals surface area contributed by atoms with E-state index in [-0.39, 0.29) is 16.0 Å². The Morgan fingerprint density at radius 3 is 2.42 bits per heavy atom. The van der Waals surface area contributed by atoms with E-state index in [4.69, 9.17) is 28.9 Å². The summed E-state index contributed by atoms with van der Waals surface area (Å²) < 4.78 is 24.3. The third-order valence-electron chi connectivity index (χ3n) is 1.23. The molecular formula is C6H4Cl2F2N2. The molecule has 66 valence electrons. The lowest BCUT2D eigenvalue weighted by Gasteiger charge is -2.05. The number of rotatable bonds is 1. The number of alkyl halides is 2. The van der Waals surface area contributed by atoms with Gasteiger partial charge in [-0.15, -0.1) is 0 Å². The third-order valence-corrected chi connectivity index (χ3v) is 1.71. The summed E-state index contributed by atoms with van der Waals surface area (Å²) in [6.07, 6.45) is -2.73. The van der Waals surface area contributed by atoms with Gasteiger partial charge in [0, 0.05) is 5.69 Å². The second-order valence-corrected chi connectivity index (χ2v) is 2.78. The largest absolute Gasteiger partial charge is 0.398 e. The highest BCUT2D eigenvalue weighted by Crippen LogP contribution is 2.32. The maximum absolute atomic E-state index is 12.2. The van der Waals surface area contributed by atoms with Crippen molar-refractivity contribution >= 4 is 28.9 Å². The predicted molar refractivity (Wildman–Crippen MR) is 43.6 cm³/mol. The van der Waals surface area contributed by atoms with Gasteiger partial charge in [0.2, 0.25) is 0 Å². The number of hydrogen-bond donors (Lipinski definition) is 1. The first-order valence-electron chi connectivity index (χ1n) is 2.92. The van der Waals surface area contributed by atoms with E-state index in [1.165, 1.54) is 0 Å². The average molecular weight is 213 g/mol. The van der Waals surface area contributed by atoms with E-state index in [1.54, 1.807) is 0 Å². The minimum Gasteiger partial charge on any atom is -0.398 e. The number of aromatic nitrogens is 1. The Hall–Kier alpha value is -0.610. The molecule has 0 atom stereocenters. The van der Waals surface area contributed by atoms with Crippen LogP contribution in [0.5, 0.6) is 0 Å². The number of pyridine rings is 1. The summed E-state index contributed by atoms with van der Waals surface area (Å²) in [6, 6.07) is 1.13. The average Bonchev–Trinajstić information content (AvgIpc) is 1.82. The summed E-state index contributed by atoms with van der Waals surface area (Å²) in [5.74, 6) is 0. The van der Waals surface area contributed by atoms with Gasteiger partial charge in [0.25, 0.3) is 6.43 Å². The van der Waals surface area contributed by atoms with Gasteiger partial charge in [-0.2, -0.15) is 0 Å². The van der Waals surface area contributed by atoms with Crippen LogP contribution in [0.25, 0.3) is 0 Å². The van der Waals surface area contributed by atoms with Crippen LogP contribution in [0, 0.1) is 0 Å². The molecule has 1 heterocycles. The molecule has 0 bridgehead atoms. The summed E-state index contributed by atoms with van der Waals surface area (Å²) in [5, 5.41) is -0.350. The smallest absolute Gasteiger partial charge is 0.268 e. The van der Waals surface area contributed by atoms with E-state index < -0.39 is 12.0 Å². The topological polar surface area (TPSA) is 38.9 Å². The van der Waals surface area contributed by atoms with E-state index in [0.29, 0.717) is 0 Å². The van der Waals surface area contributed by atoms with E-state index in [1.807, 2.05) is 0 Å². The summed E-state index contributed by atoms with van der Waals surface area (Å²) >= 11 is 10.8. The number of anilines is 1. The van der Waals surface area contributed by atoms with Crippen LogP contribution in [0.3, 0.4) is 0 Å².